The van der Waals surface area contributed by atoms with E-state index in [1.54, 1.807) is 0 Å². The van der Waals surface area contributed by atoms with Crippen LogP contribution in [0.25, 0.3) is 0 Å². The Morgan fingerprint density at radius 2 is 2.10 bits per heavy atom. The second-order valence-corrected chi connectivity index (χ2v) is 7.11. The van der Waals surface area contributed by atoms with Crippen molar-refractivity contribution in [3.63, 3.8) is 0 Å². The van der Waals surface area contributed by atoms with Gasteiger partial charge in [0.15, 0.2) is 0 Å². The third-order valence-corrected chi connectivity index (χ3v) is 5.23. The lowest BCUT2D eigenvalue weighted by Gasteiger charge is -2.35. The summed E-state index contributed by atoms with van der Waals surface area (Å²) in [5, 5.41) is 0. The van der Waals surface area contributed by atoms with Crippen molar-refractivity contribution in [2.24, 2.45) is 0 Å². The van der Waals surface area contributed by atoms with E-state index in [9.17, 15) is 12.8 Å². The van der Waals surface area contributed by atoms with Crippen molar-refractivity contribution >= 4 is 15.7 Å². The Kier molecular flexibility index (Phi) is 4.31. The van der Waals surface area contributed by atoms with Crippen molar-refractivity contribution in [2.75, 3.05) is 19.3 Å². The summed E-state index contributed by atoms with van der Waals surface area (Å²) in [7, 11) is -1.72. The molecule has 112 valence electrons. The molecule has 2 unspecified atom stereocenters. The van der Waals surface area contributed by atoms with Crippen molar-refractivity contribution in [1.29, 1.82) is 0 Å². The summed E-state index contributed by atoms with van der Waals surface area (Å²) in [5.41, 5.74) is 5.59. The van der Waals surface area contributed by atoms with Crippen LogP contribution in [0.2, 0.25) is 0 Å². The van der Waals surface area contributed by atoms with Gasteiger partial charge < -0.3 is 10.6 Å². The topological polar surface area (TPSA) is 75.4 Å². The largest absolute Gasteiger partial charge is 0.399 e. The lowest BCUT2D eigenvalue weighted by molar-refractivity contribution is 0.178. The Balaban J connectivity index is 2.15. The van der Waals surface area contributed by atoms with Crippen LogP contribution in [0, 0.1) is 5.82 Å². The van der Waals surface area contributed by atoms with Gasteiger partial charge in [-0.2, -0.15) is 0 Å². The van der Waals surface area contributed by atoms with Crippen molar-refractivity contribution in [2.45, 2.75) is 36.7 Å². The quantitative estimate of drug-likeness (QED) is 0.822. The summed E-state index contributed by atoms with van der Waals surface area (Å²) in [6, 6.07) is 3.53. The van der Waals surface area contributed by atoms with E-state index in [1.165, 1.54) is 6.07 Å². The highest BCUT2D eigenvalue weighted by Crippen LogP contribution is 2.20. The zero-order chi connectivity index (χ0) is 14.9. The fourth-order valence-corrected chi connectivity index (χ4v) is 3.77. The fourth-order valence-electron chi connectivity index (χ4n) is 2.42. The molecule has 0 radical (unpaired) electrons. The monoisotopic (exact) mass is 301 g/mol. The Labute approximate surface area is 119 Å². The van der Waals surface area contributed by atoms with Gasteiger partial charge in [-0.05, 0) is 51.6 Å². The van der Waals surface area contributed by atoms with Crippen molar-refractivity contribution < 1.29 is 12.8 Å². The lowest BCUT2D eigenvalue weighted by Crippen LogP contribution is -2.47. The molecule has 1 heterocycles. The summed E-state index contributed by atoms with van der Waals surface area (Å²) in [4.78, 5) is 2.06. The Hall–Kier alpha value is -1.18. The van der Waals surface area contributed by atoms with E-state index in [0.717, 1.165) is 31.5 Å². The van der Waals surface area contributed by atoms with E-state index in [0.29, 0.717) is 6.04 Å². The molecule has 1 fully saturated rings. The van der Waals surface area contributed by atoms with Gasteiger partial charge in [0.1, 0.15) is 5.82 Å². The van der Waals surface area contributed by atoms with E-state index < -0.39 is 15.8 Å². The summed E-state index contributed by atoms with van der Waals surface area (Å²) in [6.07, 6.45) is 1.48. The van der Waals surface area contributed by atoms with Crippen LogP contribution in [0.15, 0.2) is 23.1 Å². The summed E-state index contributed by atoms with van der Waals surface area (Å²) >= 11 is 0. The maximum atomic E-state index is 13.3. The molecule has 20 heavy (non-hydrogen) atoms. The number of benzene rings is 1. The summed E-state index contributed by atoms with van der Waals surface area (Å²) < 4.78 is 40.4. The third-order valence-electron chi connectivity index (χ3n) is 3.73. The Morgan fingerprint density at radius 3 is 2.70 bits per heavy atom. The van der Waals surface area contributed by atoms with Gasteiger partial charge in [-0.1, -0.05) is 0 Å². The van der Waals surface area contributed by atoms with Crippen LogP contribution in [-0.4, -0.2) is 39.0 Å². The lowest BCUT2D eigenvalue weighted by atomic mass is 10.0. The number of likely N-dealkylation sites (tertiary alicyclic amines) is 1. The van der Waals surface area contributed by atoms with Crippen LogP contribution >= 0.6 is 0 Å². The van der Waals surface area contributed by atoms with Gasteiger partial charge in [-0.15, -0.1) is 0 Å². The number of hydrogen-bond donors (Lipinski definition) is 2. The zero-order valence-electron chi connectivity index (χ0n) is 11.6. The second-order valence-electron chi connectivity index (χ2n) is 5.39. The van der Waals surface area contributed by atoms with Crippen LogP contribution in [0.5, 0.6) is 0 Å². The maximum absolute atomic E-state index is 13.3. The van der Waals surface area contributed by atoms with E-state index in [-0.39, 0.29) is 16.6 Å². The van der Waals surface area contributed by atoms with Gasteiger partial charge in [0.25, 0.3) is 0 Å². The molecule has 0 amide bonds. The molecule has 7 heteroatoms. The normalized spacial score (nSPS) is 24.8. The number of piperidine rings is 1. The van der Waals surface area contributed by atoms with Crippen molar-refractivity contribution in [1.82, 2.24) is 9.62 Å². The molecule has 1 aliphatic rings. The summed E-state index contributed by atoms with van der Waals surface area (Å²) in [6.45, 7) is 2.89. The molecule has 1 aliphatic heterocycles. The van der Waals surface area contributed by atoms with Gasteiger partial charge >= 0.3 is 0 Å². The predicted molar refractivity (Wildman–Crippen MR) is 76.2 cm³/mol. The first-order chi connectivity index (χ1) is 9.28. The van der Waals surface area contributed by atoms with E-state index in [2.05, 4.69) is 16.5 Å². The number of nitrogens with one attached hydrogen (secondary N) is 1. The molecule has 0 aromatic heterocycles. The Bertz CT molecular complexity index is 571. The molecule has 0 aliphatic carbocycles. The highest BCUT2D eigenvalue weighted by molar-refractivity contribution is 7.89. The summed E-state index contributed by atoms with van der Waals surface area (Å²) in [5.74, 6) is -0.651. The first kappa shape index (κ1) is 15.2. The van der Waals surface area contributed by atoms with Gasteiger partial charge in [0.05, 0.1) is 4.90 Å². The SMILES string of the molecule is CC1CC(NS(=O)(=O)c2cc(N)cc(F)c2)CCN1C. The van der Waals surface area contributed by atoms with Gasteiger partial charge in [0, 0.05) is 17.8 Å². The predicted octanol–water partition coefficient (Wildman–Crippen LogP) is 1.17. The second kappa shape index (κ2) is 5.67. The smallest absolute Gasteiger partial charge is 0.240 e. The molecule has 3 N–H and O–H groups in total. The van der Waals surface area contributed by atoms with Gasteiger partial charge in [-0.25, -0.2) is 17.5 Å². The minimum atomic E-state index is -3.73. The number of sulfonamides is 1. The number of halogens is 1. The van der Waals surface area contributed by atoms with Crippen LogP contribution < -0.4 is 10.5 Å². The first-order valence-corrected chi connectivity index (χ1v) is 8.05. The van der Waals surface area contributed by atoms with Crippen LogP contribution in [0.4, 0.5) is 10.1 Å². The van der Waals surface area contributed by atoms with E-state index in [1.807, 2.05) is 7.05 Å². The number of rotatable bonds is 3. The highest BCUT2D eigenvalue weighted by Gasteiger charge is 2.27. The molecule has 0 bridgehead atoms. The molecule has 0 spiro atoms. The van der Waals surface area contributed by atoms with Gasteiger partial charge in [-0.3, -0.25) is 0 Å². The molecule has 0 saturated carbocycles. The van der Waals surface area contributed by atoms with Crippen molar-refractivity contribution in [3.05, 3.63) is 24.0 Å². The molecule has 2 atom stereocenters. The number of hydrogen-bond acceptors (Lipinski definition) is 4. The molecule has 1 aromatic rings. The minimum absolute atomic E-state index is 0.0992. The standard InChI is InChI=1S/C13H20FN3O2S/c1-9-5-12(3-4-17(9)2)16-20(18,19)13-7-10(14)6-11(15)8-13/h6-9,12,16H,3-5,15H2,1-2H3. The highest BCUT2D eigenvalue weighted by atomic mass is 32.2. The van der Waals surface area contributed by atoms with E-state index >= 15 is 0 Å². The van der Waals surface area contributed by atoms with E-state index in [4.69, 9.17) is 5.73 Å². The molecule has 5 nitrogen and oxygen atoms in total. The number of nitrogens with zero attached hydrogens (tertiary/aromatic N) is 1. The van der Waals surface area contributed by atoms with Crippen LogP contribution in [0.3, 0.4) is 0 Å². The first-order valence-electron chi connectivity index (χ1n) is 6.56. The minimum Gasteiger partial charge on any atom is -0.399 e. The number of anilines is 1. The zero-order valence-corrected chi connectivity index (χ0v) is 12.5. The average Bonchev–Trinajstić information content (AvgIpc) is 2.32. The van der Waals surface area contributed by atoms with Crippen molar-refractivity contribution in [3.8, 4) is 0 Å². The Morgan fingerprint density at radius 1 is 1.40 bits per heavy atom. The molecule has 1 aromatic carbocycles. The van der Waals surface area contributed by atoms with Gasteiger partial charge in [0.2, 0.25) is 10.0 Å². The van der Waals surface area contributed by atoms with Crippen LogP contribution in [-0.2, 0) is 10.0 Å². The molecular weight excluding hydrogens is 281 g/mol. The average molecular weight is 301 g/mol. The third kappa shape index (κ3) is 3.47. The number of nitrogen functional groups attached to an aromatic ring is 1. The fraction of sp³-hybridized carbons (Fsp3) is 0.538. The van der Waals surface area contributed by atoms with Crippen LogP contribution in [0.1, 0.15) is 19.8 Å². The maximum Gasteiger partial charge on any atom is 0.240 e. The molecule has 2 rings (SSSR count). The number of nitrogens with two attached hydrogens (primary N) is 1. The molecule has 1 saturated heterocycles. The molecular formula is C13H20FN3O2S.